The molecule has 0 aliphatic carbocycles. The zero-order valence-corrected chi connectivity index (χ0v) is 15.1. The predicted octanol–water partition coefficient (Wildman–Crippen LogP) is 2.69. The van der Waals surface area contributed by atoms with Crippen LogP contribution < -0.4 is 0 Å². The topological polar surface area (TPSA) is 97.1 Å². The van der Waals surface area contributed by atoms with Gasteiger partial charge in [-0.1, -0.05) is 12.1 Å². The zero-order valence-electron chi connectivity index (χ0n) is 14.1. The standard InChI is InChI=1S/C15H23NO7Si/c1-20-24(21-2,22-3)11-7-6-10-15(17)23-12-13-8-4-5-9-14(13)16(18)19/h4-5,8-9H,6-7,10-12H2,1-3H3. The van der Waals surface area contributed by atoms with Gasteiger partial charge in [0.15, 0.2) is 0 Å². The highest BCUT2D eigenvalue weighted by Gasteiger charge is 2.36. The van der Waals surface area contributed by atoms with Crippen molar-refractivity contribution in [2.75, 3.05) is 21.3 Å². The molecule has 9 heteroatoms. The van der Waals surface area contributed by atoms with Crippen molar-refractivity contribution in [1.82, 2.24) is 0 Å². The van der Waals surface area contributed by atoms with Crippen LogP contribution >= 0.6 is 0 Å². The molecule has 0 bridgehead atoms. The molecule has 0 aliphatic heterocycles. The lowest BCUT2D eigenvalue weighted by atomic mass is 10.2. The third-order valence-electron chi connectivity index (χ3n) is 3.62. The Hall–Kier alpha value is -1.81. The van der Waals surface area contributed by atoms with Crippen molar-refractivity contribution in [3.05, 3.63) is 39.9 Å². The second-order valence-corrected chi connectivity index (χ2v) is 8.14. The number of nitro benzene ring substituents is 1. The van der Waals surface area contributed by atoms with E-state index in [1.165, 1.54) is 6.07 Å². The molecule has 0 aliphatic rings. The number of carbonyl (C=O) groups is 1. The fourth-order valence-electron chi connectivity index (χ4n) is 2.21. The maximum atomic E-state index is 11.8. The van der Waals surface area contributed by atoms with Gasteiger partial charge in [-0.2, -0.15) is 0 Å². The number of hydrogen-bond donors (Lipinski definition) is 0. The smallest absolute Gasteiger partial charge is 0.461 e. The highest BCUT2D eigenvalue weighted by atomic mass is 28.4. The van der Waals surface area contributed by atoms with Gasteiger partial charge in [0.2, 0.25) is 0 Å². The molecule has 0 saturated carbocycles. The van der Waals surface area contributed by atoms with E-state index in [9.17, 15) is 14.9 Å². The lowest BCUT2D eigenvalue weighted by Crippen LogP contribution is -2.42. The minimum absolute atomic E-state index is 0.0543. The van der Waals surface area contributed by atoms with Crippen molar-refractivity contribution in [3.8, 4) is 0 Å². The first kappa shape index (κ1) is 20.2. The van der Waals surface area contributed by atoms with Crippen LogP contribution in [0.25, 0.3) is 0 Å². The highest BCUT2D eigenvalue weighted by molar-refractivity contribution is 6.60. The average molecular weight is 357 g/mol. The van der Waals surface area contributed by atoms with Gasteiger partial charge in [0.05, 0.1) is 10.5 Å². The van der Waals surface area contributed by atoms with Crippen molar-refractivity contribution in [2.45, 2.75) is 31.9 Å². The Balaban J connectivity index is 2.37. The number of ether oxygens (including phenoxy) is 1. The highest BCUT2D eigenvalue weighted by Crippen LogP contribution is 2.20. The maximum absolute atomic E-state index is 11.8. The van der Waals surface area contributed by atoms with E-state index in [1.54, 1.807) is 39.5 Å². The Bertz CT molecular complexity index is 540. The lowest BCUT2D eigenvalue weighted by Gasteiger charge is -2.24. The molecule has 134 valence electrons. The molecular formula is C15H23NO7Si. The van der Waals surface area contributed by atoms with Gasteiger partial charge in [0.1, 0.15) is 6.61 Å². The molecule has 1 rings (SSSR count). The maximum Gasteiger partial charge on any atom is 0.500 e. The van der Waals surface area contributed by atoms with Crippen LogP contribution in [-0.2, 0) is 29.4 Å². The monoisotopic (exact) mass is 357 g/mol. The number of para-hydroxylation sites is 1. The molecule has 0 radical (unpaired) electrons. The second kappa shape index (κ2) is 10.1. The summed E-state index contributed by atoms with van der Waals surface area (Å²) in [6, 6.07) is 6.80. The second-order valence-electron chi connectivity index (χ2n) is 5.05. The van der Waals surface area contributed by atoms with Crippen LogP contribution in [0.1, 0.15) is 24.8 Å². The van der Waals surface area contributed by atoms with Gasteiger partial charge in [-0.25, -0.2) is 0 Å². The zero-order chi connectivity index (χ0) is 18.0. The molecule has 0 amide bonds. The summed E-state index contributed by atoms with van der Waals surface area (Å²) >= 11 is 0. The molecule has 0 unspecified atom stereocenters. The van der Waals surface area contributed by atoms with E-state index in [-0.39, 0.29) is 18.7 Å². The number of hydrogen-bond acceptors (Lipinski definition) is 7. The summed E-state index contributed by atoms with van der Waals surface area (Å²) in [5.41, 5.74) is 0.321. The van der Waals surface area contributed by atoms with Crippen molar-refractivity contribution < 1.29 is 27.7 Å². The number of carbonyl (C=O) groups excluding carboxylic acids is 1. The van der Waals surface area contributed by atoms with Crippen LogP contribution in [0.5, 0.6) is 0 Å². The van der Waals surface area contributed by atoms with Crippen molar-refractivity contribution in [3.63, 3.8) is 0 Å². The van der Waals surface area contributed by atoms with Gasteiger partial charge in [-0.05, 0) is 18.9 Å². The number of unbranched alkanes of at least 4 members (excludes halogenated alkanes) is 1. The minimum atomic E-state index is -2.61. The number of esters is 1. The quantitative estimate of drug-likeness (QED) is 0.197. The normalized spacial score (nSPS) is 11.3. The van der Waals surface area contributed by atoms with Crippen LogP contribution in [0.15, 0.2) is 24.3 Å². The van der Waals surface area contributed by atoms with Gasteiger partial charge in [-0.15, -0.1) is 0 Å². The summed E-state index contributed by atoms with van der Waals surface area (Å²) in [7, 11) is 2.02. The summed E-state index contributed by atoms with van der Waals surface area (Å²) in [5.74, 6) is -0.396. The fraction of sp³-hybridized carbons (Fsp3) is 0.533. The Labute approximate surface area is 142 Å². The predicted molar refractivity (Wildman–Crippen MR) is 88.3 cm³/mol. The van der Waals surface area contributed by atoms with E-state index >= 15 is 0 Å². The number of nitrogens with zero attached hydrogens (tertiary/aromatic N) is 1. The number of nitro groups is 1. The largest absolute Gasteiger partial charge is 0.500 e. The summed E-state index contributed by atoms with van der Waals surface area (Å²) in [4.78, 5) is 22.2. The summed E-state index contributed by atoms with van der Waals surface area (Å²) < 4.78 is 21.0. The van der Waals surface area contributed by atoms with Gasteiger partial charge >= 0.3 is 14.8 Å². The molecule has 0 fully saturated rings. The number of rotatable bonds is 11. The first-order chi connectivity index (χ1) is 11.5. The molecule has 0 heterocycles. The van der Waals surface area contributed by atoms with Crippen LogP contribution in [0.3, 0.4) is 0 Å². The summed E-state index contributed by atoms with van der Waals surface area (Å²) in [5, 5.41) is 10.9. The molecule has 0 aromatic heterocycles. The Morgan fingerprint density at radius 2 is 1.75 bits per heavy atom. The fourth-order valence-corrected chi connectivity index (χ4v) is 4.00. The minimum Gasteiger partial charge on any atom is -0.461 e. The number of benzene rings is 1. The molecule has 0 atom stereocenters. The van der Waals surface area contributed by atoms with E-state index < -0.39 is 19.7 Å². The van der Waals surface area contributed by atoms with E-state index in [4.69, 9.17) is 18.0 Å². The third kappa shape index (κ3) is 6.00. The molecular weight excluding hydrogens is 334 g/mol. The first-order valence-electron chi connectivity index (χ1n) is 7.51. The molecule has 24 heavy (non-hydrogen) atoms. The van der Waals surface area contributed by atoms with Crippen molar-refractivity contribution in [1.29, 1.82) is 0 Å². The summed E-state index contributed by atoms with van der Waals surface area (Å²) in [6.45, 7) is -0.108. The van der Waals surface area contributed by atoms with Crippen molar-refractivity contribution >= 4 is 20.5 Å². The SMILES string of the molecule is CO[Si](CCCCC(=O)OCc1ccccc1[N+](=O)[O-])(OC)OC. The van der Waals surface area contributed by atoms with Gasteiger partial charge in [-0.3, -0.25) is 14.9 Å². The average Bonchev–Trinajstić information content (AvgIpc) is 2.61. The van der Waals surface area contributed by atoms with E-state index in [0.29, 0.717) is 24.4 Å². The van der Waals surface area contributed by atoms with Crippen LogP contribution in [0, 0.1) is 10.1 Å². The third-order valence-corrected chi connectivity index (χ3v) is 6.46. The van der Waals surface area contributed by atoms with Crippen LogP contribution in [-0.4, -0.2) is 41.0 Å². The molecule has 1 aromatic rings. The van der Waals surface area contributed by atoms with Gasteiger partial charge in [0.25, 0.3) is 5.69 Å². The molecule has 0 saturated heterocycles. The molecule has 8 nitrogen and oxygen atoms in total. The van der Waals surface area contributed by atoms with E-state index in [1.807, 2.05) is 0 Å². The van der Waals surface area contributed by atoms with Gasteiger partial charge < -0.3 is 18.0 Å². The molecule has 1 aromatic carbocycles. The Morgan fingerprint density at radius 1 is 1.12 bits per heavy atom. The van der Waals surface area contributed by atoms with Gasteiger partial charge in [0, 0.05) is 39.9 Å². The Kier molecular flexibility index (Phi) is 8.54. The molecule has 0 spiro atoms. The lowest BCUT2D eigenvalue weighted by molar-refractivity contribution is -0.385. The summed E-state index contributed by atoms with van der Waals surface area (Å²) in [6.07, 6.45) is 1.52. The Morgan fingerprint density at radius 3 is 2.33 bits per heavy atom. The first-order valence-corrected chi connectivity index (χ1v) is 9.44. The molecule has 0 N–H and O–H groups in total. The van der Waals surface area contributed by atoms with Crippen molar-refractivity contribution in [2.24, 2.45) is 0 Å². The van der Waals surface area contributed by atoms with Crippen LogP contribution in [0.4, 0.5) is 5.69 Å². The van der Waals surface area contributed by atoms with Crippen LogP contribution in [0.2, 0.25) is 6.04 Å². The van der Waals surface area contributed by atoms with E-state index in [0.717, 1.165) is 0 Å². The van der Waals surface area contributed by atoms with E-state index in [2.05, 4.69) is 0 Å².